The van der Waals surface area contributed by atoms with Crippen molar-refractivity contribution in [3.8, 4) is 5.75 Å². The molecule has 1 heterocycles. The van der Waals surface area contributed by atoms with Crippen molar-refractivity contribution in [2.24, 2.45) is 0 Å². The molecule has 0 saturated carbocycles. The highest BCUT2D eigenvalue weighted by Crippen LogP contribution is 2.26. The second-order valence-corrected chi connectivity index (χ2v) is 7.38. The minimum absolute atomic E-state index is 0.0122. The second kappa shape index (κ2) is 8.27. The number of carbonyl (C=O) groups is 1. The van der Waals surface area contributed by atoms with E-state index in [1.165, 1.54) is 11.8 Å². The first-order chi connectivity index (χ1) is 12.6. The van der Waals surface area contributed by atoms with Gasteiger partial charge in [0.1, 0.15) is 5.75 Å². The number of aromatic nitrogens is 2. The molecule has 1 amide bonds. The fourth-order valence-electron chi connectivity index (χ4n) is 2.65. The molecule has 0 spiro atoms. The molecule has 0 aliphatic heterocycles. The zero-order valence-electron chi connectivity index (χ0n) is 15.2. The largest absolute Gasteiger partial charge is 0.494 e. The molecule has 6 heteroatoms. The monoisotopic (exact) mass is 369 g/mol. The lowest BCUT2D eigenvalue weighted by Gasteiger charge is -2.17. The molecule has 2 atom stereocenters. The van der Waals surface area contributed by atoms with Crippen LogP contribution in [0.5, 0.6) is 5.75 Å². The zero-order valence-corrected chi connectivity index (χ0v) is 16.0. The molecule has 5 nitrogen and oxygen atoms in total. The third-order valence-electron chi connectivity index (χ3n) is 4.06. The van der Waals surface area contributed by atoms with Gasteiger partial charge in [-0.05, 0) is 38.5 Å². The summed E-state index contributed by atoms with van der Waals surface area (Å²) in [5.41, 5.74) is 2.86. The van der Waals surface area contributed by atoms with Crippen LogP contribution in [0.15, 0.2) is 53.7 Å². The number of H-pyrrole nitrogens is 1. The van der Waals surface area contributed by atoms with Crippen LogP contribution in [0.25, 0.3) is 11.0 Å². The summed E-state index contributed by atoms with van der Waals surface area (Å²) in [6, 6.07) is 15.7. The first-order valence-corrected chi connectivity index (χ1v) is 9.59. The Balaban J connectivity index is 1.64. The standard InChI is InChI=1S/C20H23N3O2S/c1-4-25-16-10-11-17-18(12-16)23-20(22-17)26-14(3)19(24)21-13(2)15-8-6-5-7-9-15/h5-14H,4H2,1-3H3,(H,21,24)(H,22,23). The number of benzene rings is 2. The lowest BCUT2D eigenvalue weighted by atomic mass is 10.1. The molecule has 26 heavy (non-hydrogen) atoms. The molecule has 0 bridgehead atoms. The van der Waals surface area contributed by atoms with Gasteiger partial charge in [0.15, 0.2) is 5.16 Å². The number of thioether (sulfide) groups is 1. The fourth-order valence-corrected chi connectivity index (χ4v) is 3.48. The molecule has 3 aromatic rings. The Morgan fingerprint density at radius 2 is 2.00 bits per heavy atom. The first-order valence-electron chi connectivity index (χ1n) is 8.71. The van der Waals surface area contributed by atoms with Crippen LogP contribution in [0.3, 0.4) is 0 Å². The average molecular weight is 369 g/mol. The van der Waals surface area contributed by atoms with Crippen LogP contribution in [0.4, 0.5) is 0 Å². The molecular weight excluding hydrogens is 346 g/mol. The summed E-state index contributed by atoms with van der Waals surface area (Å²) in [4.78, 5) is 20.3. The number of imidazole rings is 1. The van der Waals surface area contributed by atoms with Gasteiger partial charge in [0.2, 0.25) is 5.91 Å². The SMILES string of the molecule is CCOc1ccc2nc(SC(C)C(=O)NC(C)c3ccccc3)[nH]c2c1. The van der Waals surface area contributed by atoms with Gasteiger partial charge in [0.05, 0.1) is 28.9 Å². The number of carbonyl (C=O) groups excluding carboxylic acids is 1. The smallest absolute Gasteiger partial charge is 0.233 e. The number of hydrogen-bond donors (Lipinski definition) is 2. The number of aromatic amines is 1. The lowest BCUT2D eigenvalue weighted by molar-refractivity contribution is -0.120. The van der Waals surface area contributed by atoms with E-state index < -0.39 is 0 Å². The lowest BCUT2D eigenvalue weighted by Crippen LogP contribution is -2.33. The molecule has 2 unspecified atom stereocenters. The molecule has 0 radical (unpaired) electrons. The van der Waals surface area contributed by atoms with Crippen molar-refractivity contribution in [2.75, 3.05) is 6.61 Å². The normalized spacial score (nSPS) is 13.3. The van der Waals surface area contributed by atoms with Crippen LogP contribution < -0.4 is 10.1 Å². The Bertz CT molecular complexity index is 879. The van der Waals surface area contributed by atoms with E-state index in [2.05, 4.69) is 15.3 Å². The summed E-state index contributed by atoms with van der Waals surface area (Å²) in [7, 11) is 0. The van der Waals surface area contributed by atoms with Crippen LogP contribution >= 0.6 is 11.8 Å². The Morgan fingerprint density at radius 3 is 2.73 bits per heavy atom. The summed E-state index contributed by atoms with van der Waals surface area (Å²) in [6.07, 6.45) is 0. The molecule has 0 fully saturated rings. The van der Waals surface area contributed by atoms with Crippen LogP contribution in [-0.4, -0.2) is 27.7 Å². The van der Waals surface area contributed by atoms with Crippen molar-refractivity contribution in [2.45, 2.75) is 37.2 Å². The molecule has 2 aromatic carbocycles. The molecule has 2 N–H and O–H groups in total. The number of fused-ring (bicyclic) bond motifs is 1. The van der Waals surface area contributed by atoms with Gasteiger partial charge in [-0.15, -0.1) is 0 Å². The Morgan fingerprint density at radius 1 is 1.23 bits per heavy atom. The van der Waals surface area contributed by atoms with Gasteiger partial charge < -0.3 is 15.0 Å². The minimum atomic E-state index is -0.256. The average Bonchev–Trinajstić information content (AvgIpc) is 3.04. The van der Waals surface area contributed by atoms with E-state index >= 15 is 0 Å². The minimum Gasteiger partial charge on any atom is -0.494 e. The van der Waals surface area contributed by atoms with Crippen molar-refractivity contribution >= 4 is 28.7 Å². The van der Waals surface area contributed by atoms with Crippen LogP contribution in [0, 0.1) is 0 Å². The third kappa shape index (κ3) is 4.38. The second-order valence-electron chi connectivity index (χ2n) is 6.05. The summed E-state index contributed by atoms with van der Waals surface area (Å²) in [5.74, 6) is 0.796. The molecule has 0 aliphatic carbocycles. The van der Waals surface area contributed by atoms with Crippen LogP contribution in [0.1, 0.15) is 32.4 Å². The van der Waals surface area contributed by atoms with E-state index in [-0.39, 0.29) is 17.2 Å². The summed E-state index contributed by atoms with van der Waals surface area (Å²) in [5, 5.41) is 3.52. The predicted molar refractivity (Wildman–Crippen MR) is 106 cm³/mol. The van der Waals surface area contributed by atoms with E-state index in [1.807, 2.05) is 69.3 Å². The van der Waals surface area contributed by atoms with Gasteiger partial charge >= 0.3 is 0 Å². The number of ether oxygens (including phenoxy) is 1. The summed E-state index contributed by atoms with van der Waals surface area (Å²) < 4.78 is 5.51. The number of nitrogens with one attached hydrogen (secondary N) is 2. The van der Waals surface area contributed by atoms with E-state index in [9.17, 15) is 4.79 Å². The van der Waals surface area contributed by atoms with E-state index in [1.54, 1.807) is 0 Å². The first kappa shape index (κ1) is 18.3. The molecule has 136 valence electrons. The number of nitrogens with zero attached hydrogens (tertiary/aromatic N) is 1. The summed E-state index contributed by atoms with van der Waals surface area (Å²) >= 11 is 1.41. The van der Waals surface area contributed by atoms with Crippen LogP contribution in [-0.2, 0) is 4.79 Å². The van der Waals surface area contributed by atoms with Crippen molar-refractivity contribution in [1.29, 1.82) is 0 Å². The predicted octanol–water partition coefficient (Wildman–Crippen LogP) is 4.32. The Labute approximate surface area is 157 Å². The topological polar surface area (TPSA) is 67.0 Å². The Kier molecular flexibility index (Phi) is 5.83. The summed E-state index contributed by atoms with van der Waals surface area (Å²) in [6.45, 7) is 6.45. The van der Waals surface area contributed by atoms with E-state index in [0.29, 0.717) is 6.61 Å². The van der Waals surface area contributed by atoms with Gasteiger partial charge in [-0.1, -0.05) is 42.1 Å². The number of amides is 1. The maximum atomic E-state index is 12.5. The van der Waals surface area contributed by atoms with Gasteiger partial charge in [-0.2, -0.15) is 0 Å². The van der Waals surface area contributed by atoms with Gasteiger partial charge in [0, 0.05) is 6.07 Å². The highest BCUT2D eigenvalue weighted by Gasteiger charge is 2.19. The van der Waals surface area contributed by atoms with Crippen molar-refractivity contribution in [3.05, 3.63) is 54.1 Å². The highest BCUT2D eigenvalue weighted by molar-refractivity contribution is 8.00. The molecular formula is C20H23N3O2S. The van der Waals surface area contributed by atoms with Crippen molar-refractivity contribution in [3.63, 3.8) is 0 Å². The molecule has 3 rings (SSSR count). The number of hydrogen-bond acceptors (Lipinski definition) is 4. The zero-order chi connectivity index (χ0) is 18.5. The maximum Gasteiger partial charge on any atom is 0.233 e. The quantitative estimate of drug-likeness (QED) is 0.609. The molecule has 0 aliphatic rings. The third-order valence-corrected chi connectivity index (χ3v) is 5.04. The van der Waals surface area contributed by atoms with Gasteiger partial charge in [0.25, 0.3) is 0 Å². The van der Waals surface area contributed by atoms with E-state index in [0.717, 1.165) is 27.5 Å². The van der Waals surface area contributed by atoms with Crippen molar-refractivity contribution in [1.82, 2.24) is 15.3 Å². The highest BCUT2D eigenvalue weighted by atomic mass is 32.2. The van der Waals surface area contributed by atoms with Crippen LogP contribution in [0.2, 0.25) is 0 Å². The Hall–Kier alpha value is -2.47. The number of rotatable bonds is 7. The molecule has 1 aromatic heterocycles. The fraction of sp³-hybridized carbons (Fsp3) is 0.300. The van der Waals surface area contributed by atoms with Crippen molar-refractivity contribution < 1.29 is 9.53 Å². The van der Waals surface area contributed by atoms with E-state index in [4.69, 9.17) is 4.74 Å². The van der Waals surface area contributed by atoms with Gasteiger partial charge in [-0.25, -0.2) is 4.98 Å². The maximum absolute atomic E-state index is 12.5. The van der Waals surface area contributed by atoms with Gasteiger partial charge in [-0.3, -0.25) is 4.79 Å². The molecule has 0 saturated heterocycles.